The lowest BCUT2D eigenvalue weighted by atomic mass is 9.95. The van der Waals surface area contributed by atoms with Crippen LogP contribution in [0.3, 0.4) is 0 Å². The number of nitrogens with zero attached hydrogens (tertiary/aromatic N) is 2. The summed E-state index contributed by atoms with van der Waals surface area (Å²) in [6, 6.07) is 14.8. The molecule has 0 amide bonds. The highest BCUT2D eigenvalue weighted by Gasteiger charge is 2.16. The van der Waals surface area contributed by atoms with Crippen LogP contribution in [0.2, 0.25) is 0 Å². The van der Waals surface area contributed by atoms with Crippen molar-refractivity contribution >= 4 is 28.5 Å². The van der Waals surface area contributed by atoms with E-state index in [0.717, 1.165) is 51.8 Å². The third-order valence-corrected chi connectivity index (χ3v) is 6.03. The summed E-state index contributed by atoms with van der Waals surface area (Å²) in [4.78, 5) is 9.99. The molecule has 3 aromatic rings. The van der Waals surface area contributed by atoms with Gasteiger partial charge in [0.05, 0.1) is 10.9 Å². The molecule has 0 bridgehead atoms. The number of aryl methyl sites for hydroxylation is 1. The van der Waals surface area contributed by atoms with E-state index in [-0.39, 0.29) is 0 Å². The average molecular weight is 477 g/mol. The summed E-state index contributed by atoms with van der Waals surface area (Å²) < 4.78 is 0. The topological polar surface area (TPSA) is 61.7 Å². The van der Waals surface area contributed by atoms with Crippen LogP contribution in [-0.4, -0.2) is 22.7 Å². The summed E-state index contributed by atoms with van der Waals surface area (Å²) in [5, 5.41) is 12.3. The molecule has 1 heterocycles. The lowest BCUT2D eigenvalue weighted by molar-refractivity contribution is 1.12. The van der Waals surface area contributed by atoms with Gasteiger partial charge < -0.3 is 10.7 Å². The number of hydrogen-bond acceptors (Lipinski definition) is 4. The summed E-state index contributed by atoms with van der Waals surface area (Å²) in [6.45, 7) is 12.9. The Hall–Kier alpha value is -4.05. The predicted molar refractivity (Wildman–Crippen MR) is 157 cm³/mol. The highest BCUT2D eigenvalue weighted by Crippen LogP contribution is 2.35. The first-order chi connectivity index (χ1) is 17.6. The maximum absolute atomic E-state index is 7.71. The molecule has 4 nitrogen and oxygen atoms in total. The van der Waals surface area contributed by atoms with Crippen molar-refractivity contribution in [1.29, 1.82) is 5.41 Å². The molecule has 0 fully saturated rings. The standard InChI is InChI=1S/C32H36N4/c1-6-10-11-15-23(5)22-34-32-30-28(27-17-13-12-16-25(27)8-3)18-14-19-29(30)35-31(36-32)26(9-4)20-24(7-2)21-33/h6,9-21,33H,5,7-8,22H2,1-4H3,(H,34,35,36)/b10-6-,15-11-,24-20-,26-9+,33-21?. The Morgan fingerprint density at radius 3 is 2.47 bits per heavy atom. The Kier molecular flexibility index (Phi) is 9.70. The Bertz CT molecular complexity index is 1360. The average Bonchev–Trinajstić information content (AvgIpc) is 2.92. The van der Waals surface area contributed by atoms with Crippen LogP contribution in [0.1, 0.15) is 45.5 Å². The minimum Gasteiger partial charge on any atom is -0.365 e. The summed E-state index contributed by atoms with van der Waals surface area (Å²) >= 11 is 0. The Labute approximate surface area is 215 Å². The summed E-state index contributed by atoms with van der Waals surface area (Å²) in [7, 11) is 0. The molecule has 0 aliphatic heterocycles. The van der Waals surface area contributed by atoms with Gasteiger partial charge in [0.1, 0.15) is 5.82 Å². The molecular formula is C32H36N4. The number of hydrogen-bond donors (Lipinski definition) is 2. The third-order valence-electron chi connectivity index (χ3n) is 6.03. The predicted octanol–water partition coefficient (Wildman–Crippen LogP) is 8.35. The van der Waals surface area contributed by atoms with Crippen molar-refractivity contribution in [1.82, 2.24) is 9.97 Å². The Balaban J connectivity index is 2.21. The monoisotopic (exact) mass is 476 g/mol. The molecule has 0 saturated heterocycles. The molecule has 0 radical (unpaired) electrons. The quantitative estimate of drug-likeness (QED) is 0.216. The molecule has 2 aromatic carbocycles. The first-order valence-electron chi connectivity index (χ1n) is 12.5. The van der Waals surface area contributed by atoms with Gasteiger partial charge >= 0.3 is 0 Å². The van der Waals surface area contributed by atoms with Gasteiger partial charge in [0.2, 0.25) is 0 Å². The van der Waals surface area contributed by atoms with Crippen LogP contribution >= 0.6 is 0 Å². The van der Waals surface area contributed by atoms with Crippen LogP contribution in [-0.2, 0) is 6.42 Å². The van der Waals surface area contributed by atoms with Gasteiger partial charge in [-0.3, -0.25) is 0 Å². The van der Waals surface area contributed by atoms with Gasteiger partial charge in [-0.1, -0.05) is 87.2 Å². The van der Waals surface area contributed by atoms with E-state index in [1.165, 1.54) is 17.3 Å². The molecule has 0 spiro atoms. The van der Waals surface area contributed by atoms with Gasteiger partial charge in [-0.05, 0) is 66.7 Å². The van der Waals surface area contributed by atoms with Crippen molar-refractivity contribution in [3.8, 4) is 11.1 Å². The largest absolute Gasteiger partial charge is 0.365 e. The van der Waals surface area contributed by atoms with E-state index in [1.54, 1.807) is 0 Å². The number of aromatic nitrogens is 2. The third kappa shape index (κ3) is 6.33. The van der Waals surface area contributed by atoms with Gasteiger partial charge in [-0.25, -0.2) is 9.97 Å². The van der Waals surface area contributed by atoms with Crippen LogP contribution < -0.4 is 5.32 Å². The van der Waals surface area contributed by atoms with E-state index in [1.807, 2.05) is 63.3 Å². The van der Waals surface area contributed by atoms with Crippen LogP contribution in [0.25, 0.3) is 27.6 Å². The number of rotatable bonds is 11. The molecule has 0 aliphatic rings. The number of allylic oxidation sites excluding steroid dienone is 7. The highest BCUT2D eigenvalue weighted by molar-refractivity contribution is 6.03. The van der Waals surface area contributed by atoms with Crippen molar-refractivity contribution in [2.24, 2.45) is 0 Å². The SMILES string of the molecule is C=C(/C=C\C=C/C)CNc1nc(C(/C=C(\C=N)CC)=C/C)nc2cccc(-c3ccccc3CC)c12. The fourth-order valence-electron chi connectivity index (χ4n) is 4.04. The number of fused-ring (bicyclic) bond motifs is 1. The summed E-state index contributed by atoms with van der Waals surface area (Å²) in [5.74, 6) is 1.41. The van der Waals surface area contributed by atoms with Gasteiger partial charge in [0.25, 0.3) is 0 Å². The van der Waals surface area contributed by atoms with Crippen LogP contribution in [0, 0.1) is 5.41 Å². The van der Waals surface area contributed by atoms with Crippen molar-refractivity contribution in [2.45, 2.75) is 40.5 Å². The molecule has 3 rings (SSSR count). The van der Waals surface area contributed by atoms with Crippen LogP contribution in [0.4, 0.5) is 5.82 Å². The molecule has 0 aliphatic carbocycles. The molecule has 1 aromatic heterocycles. The molecule has 4 heteroatoms. The Morgan fingerprint density at radius 2 is 1.78 bits per heavy atom. The maximum Gasteiger partial charge on any atom is 0.161 e. The zero-order valence-corrected chi connectivity index (χ0v) is 21.8. The van der Waals surface area contributed by atoms with E-state index in [4.69, 9.17) is 15.4 Å². The molecule has 0 atom stereocenters. The molecule has 36 heavy (non-hydrogen) atoms. The Morgan fingerprint density at radius 1 is 1.00 bits per heavy atom. The first kappa shape index (κ1) is 26.6. The fraction of sp³-hybridized carbons (Fsp3) is 0.219. The number of benzene rings is 2. The highest BCUT2D eigenvalue weighted by atomic mass is 15.0. The molecule has 0 unspecified atom stereocenters. The smallest absolute Gasteiger partial charge is 0.161 e. The van der Waals surface area contributed by atoms with Crippen molar-refractivity contribution in [3.05, 3.63) is 108 Å². The normalized spacial score (nSPS) is 12.6. The second-order valence-electron chi connectivity index (χ2n) is 8.46. The molecule has 0 saturated carbocycles. The van der Waals surface area contributed by atoms with Crippen molar-refractivity contribution < 1.29 is 0 Å². The summed E-state index contributed by atoms with van der Waals surface area (Å²) in [5.41, 5.74) is 7.24. The lowest BCUT2D eigenvalue weighted by Crippen LogP contribution is -2.08. The zero-order valence-electron chi connectivity index (χ0n) is 21.8. The van der Waals surface area contributed by atoms with Gasteiger partial charge in [-0.15, -0.1) is 0 Å². The summed E-state index contributed by atoms with van der Waals surface area (Å²) in [6.07, 6.45) is 15.1. The molecule has 184 valence electrons. The van der Waals surface area contributed by atoms with Crippen LogP contribution in [0.5, 0.6) is 0 Å². The van der Waals surface area contributed by atoms with Crippen molar-refractivity contribution in [3.63, 3.8) is 0 Å². The molecular weight excluding hydrogens is 440 g/mol. The number of nitrogens with one attached hydrogen (secondary N) is 2. The van der Waals surface area contributed by atoms with E-state index in [9.17, 15) is 0 Å². The zero-order chi connectivity index (χ0) is 25.9. The second-order valence-corrected chi connectivity index (χ2v) is 8.46. The first-order valence-corrected chi connectivity index (χ1v) is 12.5. The van der Waals surface area contributed by atoms with Crippen molar-refractivity contribution in [2.75, 3.05) is 11.9 Å². The van der Waals surface area contributed by atoms with E-state index >= 15 is 0 Å². The number of anilines is 1. The van der Waals surface area contributed by atoms with E-state index in [2.05, 4.69) is 55.2 Å². The van der Waals surface area contributed by atoms with E-state index < -0.39 is 0 Å². The minimum atomic E-state index is 0.561. The van der Waals surface area contributed by atoms with Gasteiger partial charge in [0, 0.05) is 18.3 Å². The minimum absolute atomic E-state index is 0.561. The molecule has 2 N–H and O–H groups in total. The van der Waals surface area contributed by atoms with Gasteiger partial charge in [0.15, 0.2) is 5.82 Å². The lowest BCUT2D eigenvalue weighted by Gasteiger charge is -2.16. The maximum atomic E-state index is 7.71. The van der Waals surface area contributed by atoms with Crippen LogP contribution in [0.15, 0.2) is 96.6 Å². The van der Waals surface area contributed by atoms with Gasteiger partial charge in [-0.2, -0.15) is 0 Å². The van der Waals surface area contributed by atoms with E-state index in [0.29, 0.717) is 12.4 Å². The fourth-order valence-corrected chi connectivity index (χ4v) is 4.04. The second kappa shape index (κ2) is 13.1.